The standard InChI is InChI=1S/C19H21FN2O2S/c20-16-4-1-14(2-5-16)7-9-22-12-17(11-19(22)24)21-18(23)6-3-15-8-10-25-13-15/h1-2,4-5,8,10,13,17H,3,6-7,9,11-12H2,(H,21,23)/t17-/m0/s1. The van der Waals surface area contributed by atoms with Crippen LogP contribution < -0.4 is 5.32 Å². The van der Waals surface area contributed by atoms with Crippen molar-refractivity contribution in [2.45, 2.75) is 31.7 Å². The summed E-state index contributed by atoms with van der Waals surface area (Å²) in [6, 6.07) is 8.23. The third kappa shape index (κ3) is 5.13. The lowest BCUT2D eigenvalue weighted by Gasteiger charge is -2.17. The molecule has 1 aliphatic heterocycles. The van der Waals surface area contributed by atoms with Crippen LogP contribution in [-0.4, -0.2) is 35.8 Å². The van der Waals surface area contributed by atoms with Crippen molar-refractivity contribution in [2.24, 2.45) is 0 Å². The van der Waals surface area contributed by atoms with E-state index in [1.807, 2.05) is 16.8 Å². The summed E-state index contributed by atoms with van der Waals surface area (Å²) in [4.78, 5) is 25.9. The van der Waals surface area contributed by atoms with Gasteiger partial charge in [0.25, 0.3) is 0 Å². The van der Waals surface area contributed by atoms with Gasteiger partial charge in [-0.25, -0.2) is 4.39 Å². The zero-order valence-electron chi connectivity index (χ0n) is 13.9. The van der Waals surface area contributed by atoms with Gasteiger partial charge in [-0.1, -0.05) is 12.1 Å². The molecule has 3 rings (SSSR count). The summed E-state index contributed by atoms with van der Waals surface area (Å²) < 4.78 is 12.9. The van der Waals surface area contributed by atoms with Gasteiger partial charge in [0.1, 0.15) is 5.82 Å². The maximum Gasteiger partial charge on any atom is 0.224 e. The maximum absolute atomic E-state index is 12.9. The molecule has 2 heterocycles. The number of nitrogens with zero attached hydrogens (tertiary/aromatic N) is 1. The first-order valence-electron chi connectivity index (χ1n) is 8.43. The number of benzene rings is 1. The molecule has 1 saturated heterocycles. The predicted molar refractivity (Wildman–Crippen MR) is 95.9 cm³/mol. The number of nitrogens with one attached hydrogen (secondary N) is 1. The predicted octanol–water partition coefficient (Wildman–Crippen LogP) is 2.78. The molecule has 1 aromatic carbocycles. The molecular formula is C19H21FN2O2S. The normalized spacial score (nSPS) is 17.1. The number of carbonyl (C=O) groups excluding carboxylic acids is 2. The number of carbonyl (C=O) groups is 2. The van der Waals surface area contributed by atoms with Gasteiger partial charge in [0, 0.05) is 25.9 Å². The first-order valence-corrected chi connectivity index (χ1v) is 9.37. The van der Waals surface area contributed by atoms with Crippen molar-refractivity contribution in [2.75, 3.05) is 13.1 Å². The summed E-state index contributed by atoms with van der Waals surface area (Å²) in [5.74, 6) is -0.208. The van der Waals surface area contributed by atoms with E-state index in [0.29, 0.717) is 32.4 Å². The molecule has 6 heteroatoms. The lowest BCUT2D eigenvalue weighted by molar-refractivity contribution is -0.127. The molecule has 4 nitrogen and oxygen atoms in total. The number of rotatable bonds is 7. The molecule has 1 N–H and O–H groups in total. The highest BCUT2D eigenvalue weighted by atomic mass is 32.1. The van der Waals surface area contributed by atoms with Gasteiger partial charge in [-0.15, -0.1) is 0 Å². The van der Waals surface area contributed by atoms with Gasteiger partial charge in [0.15, 0.2) is 0 Å². The van der Waals surface area contributed by atoms with Crippen molar-refractivity contribution in [1.29, 1.82) is 0 Å². The number of aryl methyl sites for hydroxylation is 1. The lowest BCUT2D eigenvalue weighted by Crippen LogP contribution is -2.37. The van der Waals surface area contributed by atoms with Crippen molar-refractivity contribution in [1.82, 2.24) is 10.2 Å². The molecule has 2 amide bonds. The molecule has 2 aromatic rings. The molecule has 0 bridgehead atoms. The Morgan fingerprint density at radius 1 is 1.20 bits per heavy atom. The van der Waals surface area contributed by atoms with E-state index in [2.05, 4.69) is 5.32 Å². The minimum atomic E-state index is -0.258. The molecule has 1 aromatic heterocycles. The summed E-state index contributed by atoms with van der Waals surface area (Å²) >= 11 is 1.63. The van der Waals surface area contributed by atoms with Crippen LogP contribution in [0.15, 0.2) is 41.1 Å². The van der Waals surface area contributed by atoms with Crippen molar-refractivity contribution < 1.29 is 14.0 Å². The SMILES string of the molecule is O=C(CCc1ccsc1)N[C@H]1CC(=O)N(CCc2ccc(F)cc2)C1. The molecule has 0 spiro atoms. The van der Waals surface area contributed by atoms with E-state index < -0.39 is 0 Å². The van der Waals surface area contributed by atoms with E-state index in [0.717, 1.165) is 12.0 Å². The Morgan fingerprint density at radius 2 is 2.00 bits per heavy atom. The third-order valence-electron chi connectivity index (χ3n) is 4.38. The Morgan fingerprint density at radius 3 is 2.72 bits per heavy atom. The minimum absolute atomic E-state index is 0.00983. The van der Waals surface area contributed by atoms with Gasteiger partial charge in [-0.05, 0) is 52.9 Å². The average molecular weight is 360 g/mol. The van der Waals surface area contributed by atoms with E-state index in [1.54, 1.807) is 28.4 Å². The fourth-order valence-corrected chi connectivity index (χ4v) is 3.70. The van der Waals surface area contributed by atoms with E-state index in [1.165, 1.54) is 17.7 Å². The van der Waals surface area contributed by atoms with E-state index in [9.17, 15) is 14.0 Å². The Hall–Kier alpha value is -2.21. The quantitative estimate of drug-likeness (QED) is 0.825. The highest BCUT2D eigenvalue weighted by Gasteiger charge is 2.30. The molecule has 1 fully saturated rings. The van der Waals surface area contributed by atoms with E-state index >= 15 is 0 Å². The Kier molecular flexibility index (Phi) is 5.81. The molecule has 0 unspecified atom stereocenters. The second-order valence-corrected chi connectivity index (χ2v) is 7.10. The number of thiophene rings is 1. The number of hydrogen-bond acceptors (Lipinski definition) is 3. The van der Waals surface area contributed by atoms with Crippen LogP contribution in [0.2, 0.25) is 0 Å². The fourth-order valence-electron chi connectivity index (χ4n) is 2.99. The Balaban J connectivity index is 1.42. The van der Waals surface area contributed by atoms with Gasteiger partial charge < -0.3 is 10.2 Å². The molecule has 25 heavy (non-hydrogen) atoms. The number of halogens is 1. The monoisotopic (exact) mass is 360 g/mol. The summed E-state index contributed by atoms with van der Waals surface area (Å²) in [6.07, 6.45) is 2.21. The van der Waals surface area contributed by atoms with Crippen molar-refractivity contribution in [3.05, 3.63) is 58.0 Å². The third-order valence-corrected chi connectivity index (χ3v) is 5.12. The number of likely N-dealkylation sites (tertiary alicyclic amines) is 1. The summed E-state index contributed by atoms with van der Waals surface area (Å²) in [6.45, 7) is 1.13. The highest BCUT2D eigenvalue weighted by molar-refractivity contribution is 7.07. The first-order chi connectivity index (χ1) is 12.1. The molecule has 0 saturated carbocycles. The maximum atomic E-state index is 12.9. The van der Waals surface area contributed by atoms with Crippen molar-refractivity contribution in [3.63, 3.8) is 0 Å². The van der Waals surface area contributed by atoms with E-state index in [-0.39, 0.29) is 23.7 Å². The Bertz CT molecular complexity index is 716. The summed E-state index contributed by atoms with van der Waals surface area (Å²) in [5.41, 5.74) is 2.17. The van der Waals surface area contributed by atoms with Crippen LogP contribution >= 0.6 is 11.3 Å². The number of hydrogen-bond donors (Lipinski definition) is 1. The molecule has 1 aliphatic rings. The second-order valence-electron chi connectivity index (χ2n) is 6.32. The number of amides is 2. The minimum Gasteiger partial charge on any atom is -0.351 e. The average Bonchev–Trinajstić information content (AvgIpc) is 3.22. The van der Waals surface area contributed by atoms with Crippen LogP contribution in [-0.2, 0) is 22.4 Å². The lowest BCUT2D eigenvalue weighted by atomic mass is 10.1. The molecular weight excluding hydrogens is 339 g/mol. The van der Waals surface area contributed by atoms with E-state index in [4.69, 9.17) is 0 Å². The first kappa shape index (κ1) is 17.6. The van der Waals surface area contributed by atoms with Crippen LogP contribution in [0.1, 0.15) is 24.0 Å². The van der Waals surface area contributed by atoms with Crippen LogP contribution in [0, 0.1) is 5.82 Å². The van der Waals surface area contributed by atoms with Gasteiger partial charge in [-0.2, -0.15) is 11.3 Å². The second kappa shape index (κ2) is 8.25. The fraction of sp³-hybridized carbons (Fsp3) is 0.368. The van der Waals surface area contributed by atoms with Crippen LogP contribution in [0.4, 0.5) is 4.39 Å². The zero-order chi connectivity index (χ0) is 17.6. The molecule has 0 radical (unpaired) electrons. The van der Waals surface area contributed by atoms with Gasteiger partial charge in [0.2, 0.25) is 11.8 Å². The summed E-state index contributed by atoms with van der Waals surface area (Å²) in [5, 5.41) is 7.01. The van der Waals surface area contributed by atoms with Crippen molar-refractivity contribution >= 4 is 23.2 Å². The van der Waals surface area contributed by atoms with Gasteiger partial charge >= 0.3 is 0 Å². The van der Waals surface area contributed by atoms with Gasteiger partial charge in [0.05, 0.1) is 6.04 Å². The zero-order valence-corrected chi connectivity index (χ0v) is 14.7. The largest absolute Gasteiger partial charge is 0.351 e. The van der Waals surface area contributed by atoms with Crippen molar-refractivity contribution in [3.8, 4) is 0 Å². The summed E-state index contributed by atoms with van der Waals surface area (Å²) in [7, 11) is 0. The smallest absolute Gasteiger partial charge is 0.224 e. The van der Waals surface area contributed by atoms with Crippen LogP contribution in [0.3, 0.4) is 0 Å². The van der Waals surface area contributed by atoms with Crippen LogP contribution in [0.25, 0.3) is 0 Å². The molecule has 1 atom stereocenters. The Labute approximate surface area is 150 Å². The van der Waals surface area contributed by atoms with Crippen LogP contribution in [0.5, 0.6) is 0 Å². The topological polar surface area (TPSA) is 49.4 Å². The highest BCUT2D eigenvalue weighted by Crippen LogP contribution is 2.14. The molecule has 0 aliphatic carbocycles. The van der Waals surface area contributed by atoms with Gasteiger partial charge in [-0.3, -0.25) is 9.59 Å². The molecule has 132 valence electrons.